The topological polar surface area (TPSA) is 171 Å². The van der Waals surface area contributed by atoms with Gasteiger partial charge in [-0.25, -0.2) is 9.18 Å². The van der Waals surface area contributed by atoms with E-state index in [2.05, 4.69) is 10.6 Å². The van der Waals surface area contributed by atoms with Gasteiger partial charge in [0.2, 0.25) is 23.3 Å². The molecule has 1 aliphatic carbocycles. The number of hydrogen-bond donors (Lipinski definition) is 3. The lowest BCUT2D eigenvalue weighted by Gasteiger charge is -2.23. The Bertz CT molecular complexity index is 1950. The second-order valence-corrected chi connectivity index (χ2v) is 14.3. The highest BCUT2D eigenvalue weighted by molar-refractivity contribution is 6.40. The molecule has 3 aliphatic rings. The molecule has 1 saturated heterocycles. The van der Waals surface area contributed by atoms with Crippen molar-refractivity contribution in [3.05, 3.63) is 76.8 Å². The standard InChI is InChI=1S/C41H47FN4O9/c1-5-30(40(53)43-21-9-8-12-36(50)55-46-34(48)19-20-35(46)49)44-33(47)11-7-6-10-22-45-31-18-15-26(42)23-29(31)41(2,3)32(45)24-28-38(51)37(39(28)52)25-13-16-27(54-4)17-14-25/h13-18,23-24,30H,5-12,19-22H2,1-4H3,(H2-,43,44,47,51,52,53)/p+1. The van der Waals surface area contributed by atoms with Crippen molar-refractivity contribution in [2.24, 2.45) is 0 Å². The van der Waals surface area contributed by atoms with Crippen molar-refractivity contribution in [2.45, 2.75) is 96.4 Å². The van der Waals surface area contributed by atoms with Crippen LogP contribution in [0.5, 0.6) is 5.75 Å². The number of aliphatic hydroxyl groups excluding tert-OH is 1. The number of allylic oxidation sites excluding steroid dienone is 3. The molecule has 4 amide bonds. The number of nitrogens with one attached hydrogen (secondary N) is 2. The number of imide groups is 1. The Kier molecular flexibility index (Phi) is 13.0. The van der Waals surface area contributed by atoms with Gasteiger partial charge in [-0.3, -0.25) is 24.0 Å². The summed E-state index contributed by atoms with van der Waals surface area (Å²) in [5, 5.41) is 17.1. The molecule has 1 atom stereocenters. The van der Waals surface area contributed by atoms with Crippen molar-refractivity contribution >= 4 is 52.4 Å². The molecule has 2 aliphatic heterocycles. The van der Waals surface area contributed by atoms with Crippen LogP contribution in [0.15, 0.2) is 59.9 Å². The zero-order valence-corrected chi connectivity index (χ0v) is 31.7. The van der Waals surface area contributed by atoms with Gasteiger partial charge in [-0.1, -0.05) is 19.1 Å². The fraction of sp³-hybridized carbons (Fsp3) is 0.439. The van der Waals surface area contributed by atoms with Gasteiger partial charge in [0.1, 0.15) is 29.9 Å². The predicted octanol–water partition coefficient (Wildman–Crippen LogP) is 5.04. The average molecular weight is 760 g/mol. The highest BCUT2D eigenvalue weighted by atomic mass is 19.1. The molecule has 0 radical (unpaired) electrons. The van der Waals surface area contributed by atoms with E-state index in [9.17, 15) is 38.3 Å². The van der Waals surface area contributed by atoms with Crippen molar-refractivity contribution in [3.63, 3.8) is 0 Å². The number of ether oxygens (including phenoxy) is 1. The van der Waals surface area contributed by atoms with Crippen LogP contribution in [0.25, 0.3) is 5.57 Å². The Balaban J connectivity index is 1.11. The number of hydroxylamine groups is 2. The lowest BCUT2D eigenvalue weighted by Crippen LogP contribution is -2.46. The number of unbranched alkanes of at least 4 members (excludes halogenated alkanes) is 3. The van der Waals surface area contributed by atoms with Gasteiger partial charge >= 0.3 is 5.97 Å². The number of Topliss-reactive ketones (excluding diaryl/α,β-unsaturated/α-hetero) is 1. The van der Waals surface area contributed by atoms with Gasteiger partial charge in [0, 0.05) is 56.4 Å². The van der Waals surface area contributed by atoms with Crippen LogP contribution in [-0.4, -0.2) is 82.1 Å². The van der Waals surface area contributed by atoms with Gasteiger partial charge < -0.3 is 25.3 Å². The van der Waals surface area contributed by atoms with Crippen LogP contribution in [0, 0.1) is 5.82 Å². The smallest absolute Gasteiger partial charge is 0.333 e. The summed E-state index contributed by atoms with van der Waals surface area (Å²) in [6, 6.07) is 10.8. The normalized spacial score (nSPS) is 17.4. The summed E-state index contributed by atoms with van der Waals surface area (Å²) in [7, 11) is 1.55. The van der Waals surface area contributed by atoms with Gasteiger partial charge in [-0.05, 0) is 75.8 Å². The molecule has 3 N–H and O–H groups in total. The van der Waals surface area contributed by atoms with Crippen LogP contribution in [-0.2, 0) is 39.0 Å². The maximum Gasteiger partial charge on any atom is 0.333 e. The summed E-state index contributed by atoms with van der Waals surface area (Å²) in [5.41, 5.74) is 2.67. The van der Waals surface area contributed by atoms with Crippen molar-refractivity contribution < 1.29 is 52.4 Å². The first-order valence-corrected chi connectivity index (χ1v) is 18.7. The number of ketones is 1. The number of nitrogens with zero attached hydrogens (tertiary/aromatic N) is 2. The van der Waals surface area contributed by atoms with Crippen LogP contribution in [0.4, 0.5) is 10.1 Å². The monoisotopic (exact) mass is 759 g/mol. The molecule has 5 rings (SSSR count). The number of methoxy groups -OCH3 is 1. The molecule has 13 nitrogen and oxygen atoms in total. The number of hydrogen-bond acceptors (Lipinski definition) is 9. The number of rotatable bonds is 18. The van der Waals surface area contributed by atoms with Gasteiger partial charge in [0.05, 0.1) is 23.7 Å². The van der Waals surface area contributed by atoms with E-state index in [-0.39, 0.29) is 72.5 Å². The quantitative estimate of drug-likeness (QED) is 0.0816. The minimum atomic E-state index is -0.719. The van der Waals surface area contributed by atoms with Gasteiger partial charge in [-0.15, -0.1) is 5.06 Å². The molecule has 292 valence electrons. The Labute approximate surface area is 319 Å². The molecule has 2 heterocycles. The van der Waals surface area contributed by atoms with Crippen molar-refractivity contribution in [3.8, 4) is 5.75 Å². The Hall–Kier alpha value is -5.66. The highest BCUT2D eigenvalue weighted by Crippen LogP contribution is 2.43. The van der Waals surface area contributed by atoms with E-state index >= 15 is 0 Å². The molecular formula is C41H48FN4O9+. The summed E-state index contributed by atoms with van der Waals surface area (Å²) in [4.78, 5) is 78.8. The number of halogens is 1. The molecule has 0 bridgehead atoms. The number of fused-ring (bicyclic) bond motifs is 1. The fourth-order valence-corrected chi connectivity index (χ4v) is 6.95. The van der Waals surface area contributed by atoms with E-state index in [0.717, 1.165) is 17.0 Å². The first kappa shape index (κ1) is 40.5. The predicted molar refractivity (Wildman–Crippen MR) is 200 cm³/mol. The maximum absolute atomic E-state index is 14.5. The van der Waals surface area contributed by atoms with Crippen molar-refractivity contribution in [1.82, 2.24) is 15.7 Å². The highest BCUT2D eigenvalue weighted by Gasteiger charge is 2.47. The minimum absolute atomic E-state index is 0.0214. The average Bonchev–Trinajstić information content (AvgIpc) is 3.58. The van der Waals surface area contributed by atoms with E-state index in [1.54, 1.807) is 50.4 Å². The number of carbonyl (C=O) groups is 6. The molecule has 0 spiro atoms. The van der Waals surface area contributed by atoms with Crippen molar-refractivity contribution in [1.29, 1.82) is 0 Å². The molecule has 55 heavy (non-hydrogen) atoms. The molecule has 1 fully saturated rings. The third-order valence-corrected chi connectivity index (χ3v) is 10.1. The summed E-state index contributed by atoms with van der Waals surface area (Å²) >= 11 is 0. The molecule has 0 saturated carbocycles. The number of aliphatic hydroxyl groups is 1. The van der Waals surface area contributed by atoms with E-state index < -0.39 is 29.2 Å². The summed E-state index contributed by atoms with van der Waals surface area (Å²) < 4.78 is 21.7. The fourth-order valence-electron chi connectivity index (χ4n) is 6.95. The molecule has 2 aromatic carbocycles. The van der Waals surface area contributed by atoms with Crippen LogP contribution in [0.3, 0.4) is 0 Å². The summed E-state index contributed by atoms with van der Waals surface area (Å²) in [6.07, 6.45) is 5.06. The van der Waals surface area contributed by atoms with Gasteiger partial charge in [0.15, 0.2) is 5.71 Å². The summed E-state index contributed by atoms with van der Waals surface area (Å²) in [6.45, 7) is 6.50. The van der Waals surface area contributed by atoms with Gasteiger partial charge in [-0.2, -0.15) is 4.58 Å². The Morgan fingerprint density at radius 2 is 1.67 bits per heavy atom. The largest absolute Gasteiger partial charge is 0.506 e. The van der Waals surface area contributed by atoms with E-state index in [0.29, 0.717) is 61.4 Å². The third-order valence-electron chi connectivity index (χ3n) is 10.1. The van der Waals surface area contributed by atoms with Gasteiger partial charge in [0.25, 0.3) is 11.8 Å². The van der Waals surface area contributed by atoms with Crippen LogP contribution in [0.1, 0.15) is 96.1 Å². The minimum Gasteiger partial charge on any atom is -0.506 e. The molecular weight excluding hydrogens is 711 g/mol. The zero-order chi connectivity index (χ0) is 39.9. The first-order valence-electron chi connectivity index (χ1n) is 18.7. The van der Waals surface area contributed by atoms with E-state index in [1.807, 2.05) is 18.4 Å². The Morgan fingerprint density at radius 3 is 2.33 bits per heavy atom. The second kappa shape index (κ2) is 17.7. The molecule has 1 unspecified atom stereocenters. The lowest BCUT2D eigenvalue weighted by atomic mass is 9.77. The first-order chi connectivity index (χ1) is 26.3. The SMILES string of the molecule is CCC(NC(=O)CCCCC[N+]1=C(C=C2C(=O)C(c3ccc(OC)cc3)=C2O)C(C)(C)c2cc(F)ccc21)C(=O)NCCCCC(=O)ON1C(=O)CCC1=O. The Morgan fingerprint density at radius 1 is 0.982 bits per heavy atom. The lowest BCUT2D eigenvalue weighted by molar-refractivity contribution is -0.438. The molecule has 14 heteroatoms. The van der Waals surface area contributed by atoms with E-state index in [1.165, 1.54) is 12.1 Å². The number of amides is 4. The summed E-state index contributed by atoms with van der Waals surface area (Å²) in [5.74, 6) is -2.49. The third kappa shape index (κ3) is 9.18. The zero-order valence-electron chi connectivity index (χ0n) is 31.7. The number of benzene rings is 2. The van der Waals surface area contributed by atoms with E-state index in [4.69, 9.17) is 9.57 Å². The maximum atomic E-state index is 14.5. The van der Waals surface area contributed by atoms with Crippen LogP contribution >= 0.6 is 0 Å². The molecule has 0 aromatic heterocycles. The van der Waals surface area contributed by atoms with Crippen LogP contribution < -0.4 is 15.4 Å². The number of carbonyl (C=O) groups excluding carboxylic acids is 6. The van der Waals surface area contributed by atoms with Crippen molar-refractivity contribution in [2.75, 3.05) is 20.2 Å². The van der Waals surface area contributed by atoms with Crippen LogP contribution in [0.2, 0.25) is 0 Å². The molecule has 2 aromatic rings. The second-order valence-electron chi connectivity index (χ2n) is 14.3.